The van der Waals surface area contributed by atoms with Crippen LogP contribution in [0.5, 0.6) is 0 Å². The van der Waals surface area contributed by atoms with Gasteiger partial charge in [0.1, 0.15) is 5.60 Å². The maximum absolute atomic E-state index is 11.6. The smallest absolute Gasteiger partial charge is 0.316 e. The lowest BCUT2D eigenvalue weighted by atomic mass is 10.0. The fourth-order valence-corrected chi connectivity index (χ4v) is 4.28. The summed E-state index contributed by atoms with van der Waals surface area (Å²) >= 11 is 5.23. The third-order valence-corrected chi connectivity index (χ3v) is 9.65. The van der Waals surface area contributed by atoms with E-state index in [1.807, 2.05) is 33.8 Å². The van der Waals surface area contributed by atoms with Crippen molar-refractivity contribution < 1.29 is 97.8 Å². The molecule has 0 aromatic rings. The van der Waals surface area contributed by atoms with Crippen LogP contribution in [0.3, 0.4) is 0 Å². The number of carboxylic acids is 3. The quantitative estimate of drug-likeness (QED) is 0.0326. The van der Waals surface area contributed by atoms with Gasteiger partial charge in [0.25, 0.3) is 0 Å². The number of carbonyl (C=O) groups is 12. The highest BCUT2D eigenvalue weighted by molar-refractivity contribution is 8.26. The Bertz CT molecular complexity index is 2050. The van der Waals surface area contributed by atoms with Gasteiger partial charge in [0.2, 0.25) is 38.2 Å². The molecule has 0 radical (unpaired) electrons. The van der Waals surface area contributed by atoms with Crippen molar-refractivity contribution in [3.8, 4) is 6.07 Å². The molecule has 6 unspecified atom stereocenters. The summed E-state index contributed by atoms with van der Waals surface area (Å²) in [6.45, 7) is 32.1. The van der Waals surface area contributed by atoms with Crippen LogP contribution < -0.4 is 0 Å². The molecule has 6 atom stereocenters. The largest absolute Gasteiger partial charge is 0.481 e. The number of nitriles is 1. The van der Waals surface area contributed by atoms with E-state index in [1.165, 1.54) is 35.5 Å². The average molecular weight is 1300 g/mol. The number of hydrogen-bond donors (Lipinski definition) is 4. The molecule has 0 aromatic carbocycles. The molecule has 3 amide bonds. The van der Waals surface area contributed by atoms with E-state index < -0.39 is 68.1 Å². The van der Waals surface area contributed by atoms with Crippen LogP contribution in [0.4, 0.5) is 0 Å². The van der Waals surface area contributed by atoms with Crippen molar-refractivity contribution in [3.05, 3.63) is 11.4 Å². The van der Waals surface area contributed by atoms with Gasteiger partial charge in [-0.05, 0) is 85.2 Å². The third kappa shape index (κ3) is 92.1. The number of hydrogen-bond acceptors (Lipinski definition) is 18. The van der Waals surface area contributed by atoms with Crippen LogP contribution in [0.25, 0.3) is 4.85 Å². The van der Waals surface area contributed by atoms with Crippen LogP contribution in [0.1, 0.15) is 189 Å². The summed E-state index contributed by atoms with van der Waals surface area (Å²) in [7, 11) is 17.5. The van der Waals surface area contributed by atoms with Gasteiger partial charge in [0, 0.05) is 137 Å². The zero-order chi connectivity index (χ0) is 70.4. The van der Waals surface area contributed by atoms with Crippen molar-refractivity contribution in [1.82, 2.24) is 14.7 Å². The molecule has 0 spiro atoms. The number of esters is 5. The standard InChI is InChI=1S/C12H23NO3.C8H14ClNO2.C8H15NO3.C6H8N2.C6H10O4.C6H8O3.C4H6O3.C4H10O.C2H6.Cl2OS/c1-9(7-8-10(14)13(5)6)11(15)16-12(2,3)4;1-6(8(9)12)4-5-7(11)10(2)3;1-6(8(11)12)4-5-7(10)9(2)3;1-6(8-2)4-3-5-7;1-4(6(9)10)2-3-5(7)8;1-4-2-3-5(7)9-6(4)8;1-3(5)7-4(2)6;1-4(2,3)5;1-2;1-4(2)3/h9H,7-8H2,1-6H3;6H,4-5H2,1-3H3;6H,4-5H2,1-3H3,(H,11,12);6H,3-4H2,1H3;4H,2-3H2,1H3,(H,7,8)(H,9,10);4H,2-3H2,1H3;1-2H3;5H,1-3H3;1-2H3;/i;;;;;;;;1D;. The van der Waals surface area contributed by atoms with Gasteiger partial charge in [-0.1, -0.05) is 48.4 Å². The van der Waals surface area contributed by atoms with Crippen molar-refractivity contribution in [3.63, 3.8) is 0 Å². The van der Waals surface area contributed by atoms with E-state index >= 15 is 0 Å². The molecule has 0 aromatic heterocycles. The van der Waals surface area contributed by atoms with Gasteiger partial charge in [-0.15, -0.1) is 0 Å². The normalized spacial score (nSPS) is 13.4. The monoisotopic (exact) mass is 1300 g/mol. The molecule has 1 saturated heterocycles. The SMILES string of the molecule is CC(=O)OC(C)=O.CC(C)(C)O.CC(CCC(=O)N(C)C)C(=O)Cl.CC(CCC(=O)N(C)C)C(=O)O.CC(CCC(=O)N(C)C)C(=O)OC(C)(C)C.CC(CCC(=O)O)C(=O)O.CC1CCC(=O)OC1=O.O=S(Cl)Cl.[2H]CC.[C-]#[N+]C(C)CCC#N. The lowest BCUT2D eigenvalue weighted by Crippen LogP contribution is -2.29. The Morgan fingerprint density at radius 2 is 1.05 bits per heavy atom. The highest BCUT2D eigenvalue weighted by Gasteiger charge is 2.25. The molecule has 0 saturated carbocycles. The molecule has 496 valence electrons. The Hall–Kier alpha value is -5.80. The number of carboxylic acid groups (broad SMARTS) is 3. The molecule has 25 nitrogen and oxygen atoms in total. The van der Waals surface area contributed by atoms with E-state index in [0.717, 1.165) is 0 Å². The summed E-state index contributed by atoms with van der Waals surface area (Å²) in [5.74, 6) is -6.39. The Morgan fingerprint density at radius 1 is 0.729 bits per heavy atom. The summed E-state index contributed by atoms with van der Waals surface area (Å²) in [5, 5.41) is 41.2. The molecule has 1 rings (SSSR count). The molecule has 85 heavy (non-hydrogen) atoms. The first-order chi connectivity index (χ1) is 38.8. The van der Waals surface area contributed by atoms with Gasteiger partial charge >= 0.3 is 47.8 Å². The predicted molar refractivity (Wildman–Crippen MR) is 325 cm³/mol. The summed E-state index contributed by atoms with van der Waals surface area (Å²) in [6.07, 6.45) is 4.89. The van der Waals surface area contributed by atoms with Gasteiger partial charge in [0.15, 0.2) is 0 Å². The molecule has 4 N–H and O–H groups in total. The topological polar surface area (TPSA) is 368 Å². The highest BCUT2D eigenvalue weighted by atomic mass is 36.0. The summed E-state index contributed by atoms with van der Waals surface area (Å²) in [4.78, 5) is 134. The van der Waals surface area contributed by atoms with Gasteiger partial charge in [0.05, 0.1) is 35.3 Å². The van der Waals surface area contributed by atoms with E-state index in [0.29, 0.717) is 71.1 Å². The minimum atomic E-state index is -1.67. The highest BCUT2D eigenvalue weighted by Crippen LogP contribution is 2.16. The second-order valence-corrected chi connectivity index (χ2v) is 23.8. The number of carbonyl (C=O) groups excluding carboxylic acids is 9. The number of ether oxygens (including phenoxy) is 3. The number of rotatable bonds is 18. The van der Waals surface area contributed by atoms with Crippen LogP contribution in [0.15, 0.2) is 0 Å². The predicted octanol–water partition coefficient (Wildman–Crippen LogP) is 9.26. The van der Waals surface area contributed by atoms with Crippen LogP contribution in [0, 0.1) is 47.5 Å². The van der Waals surface area contributed by atoms with E-state index in [1.54, 1.807) is 97.7 Å². The number of amides is 3. The van der Waals surface area contributed by atoms with Crippen molar-refractivity contribution in [1.29, 1.82) is 5.26 Å². The van der Waals surface area contributed by atoms with Crippen LogP contribution >= 0.6 is 33.0 Å². The molecule has 1 heterocycles. The Labute approximate surface area is 522 Å². The zero-order valence-electron chi connectivity index (χ0n) is 54.8. The Morgan fingerprint density at radius 3 is 1.27 bits per heavy atom. The van der Waals surface area contributed by atoms with Crippen LogP contribution in [-0.2, 0) is 81.0 Å². The minimum absolute atomic E-state index is 0.0228. The van der Waals surface area contributed by atoms with Crippen molar-refractivity contribution in [2.75, 3.05) is 42.3 Å². The fourth-order valence-electron chi connectivity index (χ4n) is 4.17. The van der Waals surface area contributed by atoms with Crippen molar-refractivity contribution in [2.45, 2.75) is 205 Å². The zero-order valence-corrected chi connectivity index (χ0v) is 56.8. The first-order valence-electron chi connectivity index (χ1n) is 27.2. The summed E-state index contributed by atoms with van der Waals surface area (Å²) < 4.78 is 28.8. The van der Waals surface area contributed by atoms with Crippen molar-refractivity contribution >= 4 is 113 Å². The Kier molecular flexibility index (Phi) is 65.8. The molecule has 1 aliphatic heterocycles. The molecular formula is C56H100Cl3N5O20S. The third-order valence-electron chi connectivity index (χ3n) is 9.28. The molecular weight excluding hydrogens is 1200 g/mol. The number of cyclic esters (lactones) is 2. The van der Waals surface area contributed by atoms with Crippen LogP contribution in [-0.4, -0.2) is 170 Å². The number of halogens is 3. The lowest BCUT2D eigenvalue weighted by Gasteiger charge is -2.22. The van der Waals surface area contributed by atoms with E-state index in [9.17, 15) is 57.5 Å². The first-order valence-corrected chi connectivity index (χ1v) is 29.7. The summed E-state index contributed by atoms with van der Waals surface area (Å²) in [5.41, 5.74) is -0.961. The maximum Gasteiger partial charge on any atom is 0.316 e. The van der Waals surface area contributed by atoms with Gasteiger partial charge in [-0.25, -0.2) is 10.8 Å². The second kappa shape index (κ2) is 58.6. The fraction of sp³-hybridized carbons (Fsp3) is 0.750. The Balaban J connectivity index is -0.000000112. The molecule has 0 aliphatic carbocycles. The van der Waals surface area contributed by atoms with Gasteiger partial charge in [-0.2, -0.15) is 5.26 Å². The number of nitrogens with zero attached hydrogens (tertiary/aromatic N) is 5. The first kappa shape index (κ1) is 95.5. The van der Waals surface area contributed by atoms with Crippen molar-refractivity contribution in [2.24, 2.45) is 29.6 Å². The summed E-state index contributed by atoms with van der Waals surface area (Å²) in [6, 6.07) is 2.01. The van der Waals surface area contributed by atoms with E-state index in [4.69, 9.17) is 54.2 Å². The lowest BCUT2D eigenvalue weighted by molar-refractivity contribution is -0.167. The second-order valence-electron chi connectivity index (χ2n) is 20.9. The number of aliphatic hydroxyl groups is 1. The van der Waals surface area contributed by atoms with Gasteiger partial charge in [-0.3, -0.25) is 57.5 Å². The number of aliphatic carboxylic acids is 3. The van der Waals surface area contributed by atoms with Gasteiger partial charge < -0.3 is 54.2 Å². The van der Waals surface area contributed by atoms with E-state index in [-0.39, 0.29) is 71.5 Å². The minimum Gasteiger partial charge on any atom is -0.481 e. The molecule has 0 bridgehead atoms. The average Bonchev–Trinajstić information content (AvgIpc) is 3.39. The molecule has 1 aliphatic rings. The molecule has 1 fully saturated rings. The van der Waals surface area contributed by atoms with Crippen LogP contribution in [0.2, 0.25) is 0 Å². The maximum atomic E-state index is 11.6. The molecule has 29 heteroatoms. The van der Waals surface area contributed by atoms with E-state index in [2.05, 4.69) is 35.7 Å².